The summed E-state index contributed by atoms with van der Waals surface area (Å²) in [4.78, 5) is 0. The summed E-state index contributed by atoms with van der Waals surface area (Å²) >= 11 is 4.35. The van der Waals surface area contributed by atoms with Crippen LogP contribution in [0.1, 0.15) is 37.8 Å². The molecule has 1 aliphatic carbocycles. The average Bonchev–Trinajstić information content (AvgIpc) is 2.36. The highest BCUT2D eigenvalue weighted by atomic mass is 32.1. The number of ether oxygens (including phenoxy) is 1. The summed E-state index contributed by atoms with van der Waals surface area (Å²) in [5.41, 5.74) is 3.13. The Kier molecular flexibility index (Phi) is 4.03. The van der Waals surface area contributed by atoms with E-state index in [1.165, 1.54) is 36.8 Å². The van der Waals surface area contributed by atoms with Gasteiger partial charge in [-0.25, -0.2) is 0 Å². The number of fused-ring (bicyclic) bond motifs is 1. The van der Waals surface area contributed by atoms with Gasteiger partial charge in [-0.15, -0.1) is 0 Å². The van der Waals surface area contributed by atoms with Crippen LogP contribution >= 0.6 is 12.6 Å². The smallest absolute Gasteiger partial charge is 0.119 e. The van der Waals surface area contributed by atoms with Gasteiger partial charge in [0.25, 0.3) is 0 Å². The fourth-order valence-corrected chi connectivity index (χ4v) is 2.22. The van der Waals surface area contributed by atoms with Crippen molar-refractivity contribution < 1.29 is 4.74 Å². The Balaban J connectivity index is 2.02. The molecule has 0 fully saturated rings. The van der Waals surface area contributed by atoms with E-state index in [9.17, 15) is 0 Å². The van der Waals surface area contributed by atoms with Crippen molar-refractivity contribution in [1.29, 1.82) is 0 Å². The monoisotopic (exact) mass is 250 g/mol. The van der Waals surface area contributed by atoms with E-state index in [1.807, 2.05) is 0 Å². The van der Waals surface area contributed by atoms with Crippen molar-refractivity contribution >= 4 is 12.6 Å². The van der Waals surface area contributed by atoms with Crippen LogP contribution < -0.4 is 4.74 Å². The van der Waals surface area contributed by atoms with Crippen LogP contribution in [0.2, 0.25) is 0 Å². The molecule has 0 amide bonds. The Morgan fingerprint density at radius 2 is 1.88 bits per heavy atom. The number of hydrogen-bond acceptors (Lipinski definition) is 2. The zero-order valence-electron chi connectivity index (χ0n) is 10.8. The molecule has 0 aromatic heterocycles. The lowest BCUT2D eigenvalue weighted by molar-refractivity contribution is 0.202. The Morgan fingerprint density at radius 1 is 1.18 bits per heavy atom. The third-order valence-corrected chi connectivity index (χ3v) is 4.23. The van der Waals surface area contributed by atoms with Crippen LogP contribution in [0.15, 0.2) is 18.2 Å². The third-order valence-electron chi connectivity index (χ3n) is 3.38. The molecule has 0 spiro atoms. The van der Waals surface area contributed by atoms with E-state index in [0.29, 0.717) is 0 Å². The highest BCUT2D eigenvalue weighted by Gasteiger charge is 2.17. The van der Waals surface area contributed by atoms with E-state index in [4.69, 9.17) is 4.74 Å². The summed E-state index contributed by atoms with van der Waals surface area (Å²) in [7, 11) is 0. The lowest BCUT2D eigenvalue weighted by Crippen LogP contribution is -2.23. The Hall–Kier alpha value is -0.630. The molecular formula is C15H22OS. The van der Waals surface area contributed by atoms with Crippen LogP contribution in [0.4, 0.5) is 0 Å². The highest BCUT2D eigenvalue weighted by molar-refractivity contribution is 7.80. The molecule has 0 unspecified atom stereocenters. The minimum Gasteiger partial charge on any atom is -0.493 e. The molecule has 1 aromatic carbocycles. The van der Waals surface area contributed by atoms with E-state index in [1.54, 1.807) is 0 Å². The third kappa shape index (κ3) is 3.41. The van der Waals surface area contributed by atoms with E-state index in [-0.39, 0.29) is 5.41 Å². The number of aryl methyl sites for hydroxylation is 2. The lowest BCUT2D eigenvalue weighted by atomic mass is 9.91. The van der Waals surface area contributed by atoms with Crippen LogP contribution in [0.5, 0.6) is 5.75 Å². The van der Waals surface area contributed by atoms with Gasteiger partial charge in [-0.05, 0) is 54.7 Å². The molecule has 0 radical (unpaired) electrons. The molecule has 0 saturated heterocycles. The van der Waals surface area contributed by atoms with E-state index >= 15 is 0 Å². The average molecular weight is 250 g/mol. The SMILES string of the molecule is CC(C)(CS)COc1ccc2c(c1)CCCC2. The fourth-order valence-electron chi connectivity index (χ4n) is 2.12. The maximum absolute atomic E-state index is 5.88. The molecule has 94 valence electrons. The fraction of sp³-hybridized carbons (Fsp3) is 0.600. The first kappa shape index (κ1) is 12.8. The van der Waals surface area contributed by atoms with Gasteiger partial charge in [-0.2, -0.15) is 12.6 Å². The Labute approximate surface area is 110 Å². The van der Waals surface area contributed by atoms with Gasteiger partial charge in [0, 0.05) is 5.41 Å². The molecule has 0 saturated carbocycles. The van der Waals surface area contributed by atoms with Gasteiger partial charge >= 0.3 is 0 Å². The second-order valence-electron chi connectivity index (χ2n) is 5.75. The predicted molar refractivity (Wildman–Crippen MR) is 76.2 cm³/mol. The van der Waals surface area contributed by atoms with Crippen molar-refractivity contribution in [2.45, 2.75) is 39.5 Å². The summed E-state index contributed by atoms with van der Waals surface area (Å²) in [5, 5.41) is 0. The molecule has 1 aliphatic rings. The predicted octanol–water partition coefficient (Wildman–Crippen LogP) is 3.90. The van der Waals surface area contributed by atoms with Crippen LogP contribution in [0, 0.1) is 5.41 Å². The molecule has 2 rings (SSSR count). The number of rotatable bonds is 4. The minimum atomic E-state index is 0.138. The highest BCUT2D eigenvalue weighted by Crippen LogP contribution is 2.26. The topological polar surface area (TPSA) is 9.23 Å². The van der Waals surface area contributed by atoms with Gasteiger partial charge in [0.1, 0.15) is 5.75 Å². The van der Waals surface area contributed by atoms with Crippen LogP contribution in [-0.4, -0.2) is 12.4 Å². The van der Waals surface area contributed by atoms with Crippen LogP contribution in [0.3, 0.4) is 0 Å². The quantitative estimate of drug-likeness (QED) is 0.797. The largest absolute Gasteiger partial charge is 0.493 e. The summed E-state index contributed by atoms with van der Waals surface area (Å²) in [6.45, 7) is 5.09. The Bertz CT molecular complexity index is 385. The number of hydrogen-bond donors (Lipinski definition) is 1. The van der Waals surface area contributed by atoms with Gasteiger partial charge in [0.2, 0.25) is 0 Å². The molecule has 0 atom stereocenters. The number of thiol groups is 1. The maximum atomic E-state index is 5.88. The normalized spacial score (nSPS) is 15.5. The van der Waals surface area contributed by atoms with Gasteiger partial charge < -0.3 is 4.74 Å². The van der Waals surface area contributed by atoms with Gasteiger partial charge in [0.15, 0.2) is 0 Å². The summed E-state index contributed by atoms with van der Waals surface area (Å²) in [5.74, 6) is 1.86. The molecule has 2 heteroatoms. The minimum absolute atomic E-state index is 0.138. The summed E-state index contributed by atoms with van der Waals surface area (Å²) < 4.78 is 5.88. The molecular weight excluding hydrogens is 228 g/mol. The van der Waals surface area contributed by atoms with Crippen molar-refractivity contribution in [3.05, 3.63) is 29.3 Å². The maximum Gasteiger partial charge on any atom is 0.119 e. The molecule has 0 aliphatic heterocycles. The van der Waals surface area contributed by atoms with E-state index < -0.39 is 0 Å². The first-order valence-corrected chi connectivity index (χ1v) is 7.09. The first-order valence-electron chi connectivity index (χ1n) is 6.46. The van der Waals surface area contributed by atoms with E-state index in [0.717, 1.165) is 18.1 Å². The van der Waals surface area contributed by atoms with Crippen molar-refractivity contribution in [1.82, 2.24) is 0 Å². The zero-order chi connectivity index (χ0) is 12.3. The van der Waals surface area contributed by atoms with Crippen LogP contribution in [-0.2, 0) is 12.8 Å². The van der Waals surface area contributed by atoms with Gasteiger partial charge in [-0.3, -0.25) is 0 Å². The second-order valence-corrected chi connectivity index (χ2v) is 6.06. The first-order chi connectivity index (χ1) is 8.11. The van der Waals surface area contributed by atoms with Crippen LogP contribution in [0.25, 0.3) is 0 Å². The Morgan fingerprint density at radius 3 is 2.59 bits per heavy atom. The van der Waals surface area contributed by atoms with Crippen molar-refractivity contribution in [3.63, 3.8) is 0 Å². The summed E-state index contributed by atoms with van der Waals surface area (Å²) in [6.07, 6.45) is 5.10. The molecule has 0 N–H and O–H groups in total. The molecule has 0 bridgehead atoms. The standard InChI is InChI=1S/C15H22OS/c1-15(2,11-17)10-16-14-8-7-12-5-3-4-6-13(12)9-14/h7-9,17H,3-6,10-11H2,1-2H3. The zero-order valence-corrected chi connectivity index (χ0v) is 11.7. The van der Waals surface area contributed by atoms with Gasteiger partial charge in [0.05, 0.1) is 6.61 Å². The molecule has 1 nitrogen and oxygen atoms in total. The van der Waals surface area contributed by atoms with Gasteiger partial charge in [-0.1, -0.05) is 19.9 Å². The second kappa shape index (κ2) is 5.34. The van der Waals surface area contributed by atoms with Crippen molar-refractivity contribution in [2.75, 3.05) is 12.4 Å². The van der Waals surface area contributed by atoms with E-state index in [2.05, 4.69) is 44.7 Å². The summed E-state index contributed by atoms with van der Waals surface area (Å²) in [6, 6.07) is 6.57. The molecule has 1 aromatic rings. The molecule has 0 heterocycles. The van der Waals surface area contributed by atoms with Crippen molar-refractivity contribution in [2.24, 2.45) is 5.41 Å². The molecule has 17 heavy (non-hydrogen) atoms. The number of benzene rings is 1. The van der Waals surface area contributed by atoms with Crippen molar-refractivity contribution in [3.8, 4) is 5.75 Å². The lowest BCUT2D eigenvalue weighted by Gasteiger charge is -2.23.